The van der Waals surface area contributed by atoms with E-state index in [4.69, 9.17) is 4.74 Å². The molecule has 0 radical (unpaired) electrons. The van der Waals surface area contributed by atoms with Crippen LogP contribution in [0.5, 0.6) is 5.75 Å². The quantitative estimate of drug-likeness (QED) is 0.623. The van der Waals surface area contributed by atoms with Crippen LogP contribution in [0.4, 0.5) is 4.39 Å². The van der Waals surface area contributed by atoms with Crippen LogP contribution in [-0.2, 0) is 16.4 Å². The fourth-order valence-corrected chi connectivity index (χ4v) is 4.62. The van der Waals surface area contributed by atoms with Gasteiger partial charge >= 0.3 is 0 Å². The highest BCUT2D eigenvalue weighted by Crippen LogP contribution is 2.28. The lowest BCUT2D eigenvalue weighted by molar-refractivity contribution is 0.0796. The van der Waals surface area contributed by atoms with Gasteiger partial charge in [-0.2, -0.15) is 4.31 Å². The highest BCUT2D eigenvalue weighted by molar-refractivity contribution is 7.89. The van der Waals surface area contributed by atoms with Crippen LogP contribution < -0.4 is 4.74 Å². The second kappa shape index (κ2) is 9.84. The Labute approximate surface area is 171 Å². The number of ether oxygens (including phenoxy) is 1. The summed E-state index contributed by atoms with van der Waals surface area (Å²) >= 11 is 0. The van der Waals surface area contributed by atoms with Crippen LogP contribution >= 0.6 is 0 Å². The van der Waals surface area contributed by atoms with Crippen molar-refractivity contribution in [2.45, 2.75) is 25.2 Å². The summed E-state index contributed by atoms with van der Waals surface area (Å²) in [7, 11) is -0.740. The standard InChI is InChI=1S/C21H27FN2O4S/c1-5-24(6-2)29(26,27)20-15-17(9-12-19(20)28-4)21(25)23(3)14-13-16-7-10-18(22)11-8-16/h7-12,15H,5-6,13-14H2,1-4H3. The number of amides is 1. The minimum Gasteiger partial charge on any atom is -0.495 e. The van der Waals surface area contributed by atoms with Gasteiger partial charge in [0.05, 0.1) is 7.11 Å². The molecule has 2 aromatic rings. The van der Waals surface area contributed by atoms with Crippen molar-refractivity contribution < 1.29 is 22.3 Å². The number of nitrogens with zero attached hydrogens (tertiary/aromatic N) is 2. The zero-order chi connectivity index (χ0) is 21.6. The van der Waals surface area contributed by atoms with Gasteiger partial charge in [-0.3, -0.25) is 4.79 Å². The minimum atomic E-state index is -3.78. The summed E-state index contributed by atoms with van der Waals surface area (Å²) < 4.78 is 45.4. The van der Waals surface area contributed by atoms with Gasteiger partial charge in [-0.25, -0.2) is 12.8 Å². The normalized spacial score (nSPS) is 11.5. The minimum absolute atomic E-state index is 0.0264. The van der Waals surface area contributed by atoms with Crippen molar-refractivity contribution in [1.82, 2.24) is 9.21 Å². The number of halogens is 1. The molecule has 0 heterocycles. The Morgan fingerprint density at radius 1 is 1.07 bits per heavy atom. The molecule has 0 aliphatic rings. The molecule has 0 aliphatic carbocycles. The zero-order valence-electron chi connectivity index (χ0n) is 17.2. The van der Waals surface area contributed by atoms with Gasteiger partial charge in [0.15, 0.2) is 0 Å². The number of hydrogen-bond acceptors (Lipinski definition) is 4. The number of likely N-dealkylation sites (N-methyl/N-ethyl adjacent to an activating group) is 1. The maximum atomic E-state index is 13.0. The molecular formula is C21H27FN2O4S. The molecule has 2 rings (SSSR count). The Morgan fingerprint density at radius 3 is 2.24 bits per heavy atom. The van der Waals surface area contributed by atoms with E-state index in [2.05, 4.69) is 0 Å². The van der Waals surface area contributed by atoms with Crippen molar-refractivity contribution >= 4 is 15.9 Å². The number of hydrogen-bond donors (Lipinski definition) is 0. The Bertz CT molecular complexity index is 942. The fourth-order valence-electron chi connectivity index (χ4n) is 2.98. The maximum absolute atomic E-state index is 13.0. The molecule has 158 valence electrons. The predicted octanol–water partition coefficient (Wildman–Crippen LogP) is 3.18. The molecule has 0 bridgehead atoms. The summed E-state index contributed by atoms with van der Waals surface area (Å²) in [6.45, 7) is 4.56. The number of methoxy groups -OCH3 is 1. The predicted molar refractivity (Wildman–Crippen MR) is 110 cm³/mol. The average molecular weight is 423 g/mol. The highest BCUT2D eigenvalue weighted by Gasteiger charge is 2.27. The average Bonchev–Trinajstić information content (AvgIpc) is 2.72. The molecular weight excluding hydrogens is 395 g/mol. The Balaban J connectivity index is 2.25. The Hall–Kier alpha value is -2.45. The molecule has 0 unspecified atom stereocenters. The van der Waals surface area contributed by atoms with E-state index in [9.17, 15) is 17.6 Å². The molecule has 0 aliphatic heterocycles. The van der Waals surface area contributed by atoms with Gasteiger partial charge in [0.1, 0.15) is 16.5 Å². The first-order chi connectivity index (χ1) is 13.7. The molecule has 0 spiro atoms. The lowest BCUT2D eigenvalue weighted by atomic mass is 10.1. The lowest BCUT2D eigenvalue weighted by Gasteiger charge is -2.21. The molecule has 2 aromatic carbocycles. The van der Waals surface area contributed by atoms with Crippen LogP contribution in [0.1, 0.15) is 29.8 Å². The molecule has 0 atom stereocenters. The first kappa shape index (κ1) is 22.8. The smallest absolute Gasteiger partial charge is 0.253 e. The van der Waals surface area contributed by atoms with E-state index < -0.39 is 10.0 Å². The van der Waals surface area contributed by atoms with Gasteiger partial charge in [0.2, 0.25) is 10.0 Å². The number of rotatable bonds is 9. The van der Waals surface area contributed by atoms with Crippen molar-refractivity contribution in [1.29, 1.82) is 0 Å². The van der Waals surface area contributed by atoms with E-state index in [1.165, 1.54) is 40.6 Å². The van der Waals surface area contributed by atoms with Crippen LogP contribution in [0.2, 0.25) is 0 Å². The van der Waals surface area contributed by atoms with E-state index >= 15 is 0 Å². The molecule has 0 saturated carbocycles. The third-order valence-corrected chi connectivity index (χ3v) is 6.80. The molecule has 0 N–H and O–H groups in total. The first-order valence-electron chi connectivity index (χ1n) is 9.42. The topological polar surface area (TPSA) is 66.9 Å². The van der Waals surface area contributed by atoms with E-state index in [0.717, 1.165) is 5.56 Å². The number of sulfonamides is 1. The largest absolute Gasteiger partial charge is 0.495 e. The van der Waals surface area contributed by atoms with E-state index in [-0.39, 0.29) is 27.9 Å². The second-order valence-corrected chi connectivity index (χ2v) is 8.46. The molecule has 1 amide bonds. The van der Waals surface area contributed by atoms with Gasteiger partial charge in [0.25, 0.3) is 5.91 Å². The number of carbonyl (C=O) groups excluding carboxylic acids is 1. The van der Waals surface area contributed by atoms with Crippen molar-refractivity contribution in [2.24, 2.45) is 0 Å². The van der Waals surface area contributed by atoms with Gasteiger partial charge in [-0.15, -0.1) is 0 Å². The van der Waals surface area contributed by atoms with Crippen LogP contribution in [0, 0.1) is 5.82 Å². The third-order valence-electron chi connectivity index (χ3n) is 4.73. The monoisotopic (exact) mass is 422 g/mol. The maximum Gasteiger partial charge on any atom is 0.253 e. The van der Waals surface area contributed by atoms with E-state index in [1.807, 2.05) is 0 Å². The van der Waals surface area contributed by atoms with Crippen molar-refractivity contribution in [2.75, 3.05) is 33.8 Å². The van der Waals surface area contributed by atoms with Crippen LogP contribution in [0.15, 0.2) is 47.4 Å². The van der Waals surface area contributed by atoms with Crippen LogP contribution in [0.3, 0.4) is 0 Å². The van der Waals surface area contributed by atoms with Crippen LogP contribution in [-0.4, -0.2) is 57.3 Å². The third kappa shape index (κ3) is 5.33. The summed E-state index contributed by atoms with van der Waals surface area (Å²) in [4.78, 5) is 14.3. The van der Waals surface area contributed by atoms with Crippen molar-refractivity contribution in [3.8, 4) is 5.75 Å². The summed E-state index contributed by atoms with van der Waals surface area (Å²) in [6, 6.07) is 10.5. The Kier molecular flexibility index (Phi) is 7.75. The lowest BCUT2D eigenvalue weighted by Crippen LogP contribution is -2.32. The molecule has 6 nitrogen and oxygen atoms in total. The number of carbonyl (C=O) groups is 1. The summed E-state index contributed by atoms with van der Waals surface area (Å²) in [5.41, 5.74) is 1.17. The molecule has 0 aromatic heterocycles. The van der Waals surface area contributed by atoms with Gasteiger partial charge in [-0.05, 0) is 42.3 Å². The molecule has 29 heavy (non-hydrogen) atoms. The summed E-state index contributed by atoms with van der Waals surface area (Å²) in [5.74, 6) is -0.411. The summed E-state index contributed by atoms with van der Waals surface area (Å²) in [5, 5.41) is 0. The SMILES string of the molecule is CCN(CC)S(=O)(=O)c1cc(C(=O)N(C)CCc2ccc(F)cc2)ccc1OC. The van der Waals surface area contributed by atoms with Crippen LogP contribution in [0.25, 0.3) is 0 Å². The van der Waals surface area contributed by atoms with Crippen molar-refractivity contribution in [3.63, 3.8) is 0 Å². The van der Waals surface area contributed by atoms with E-state index in [0.29, 0.717) is 26.1 Å². The summed E-state index contributed by atoms with van der Waals surface area (Å²) in [6.07, 6.45) is 0.559. The molecule has 8 heteroatoms. The van der Waals surface area contributed by atoms with Gasteiger partial charge in [-0.1, -0.05) is 26.0 Å². The van der Waals surface area contributed by atoms with Gasteiger partial charge in [0, 0.05) is 32.2 Å². The van der Waals surface area contributed by atoms with Crippen molar-refractivity contribution in [3.05, 3.63) is 59.4 Å². The fraction of sp³-hybridized carbons (Fsp3) is 0.381. The number of benzene rings is 2. The van der Waals surface area contributed by atoms with E-state index in [1.54, 1.807) is 39.1 Å². The molecule has 0 saturated heterocycles. The Morgan fingerprint density at radius 2 is 1.69 bits per heavy atom. The zero-order valence-corrected chi connectivity index (χ0v) is 18.0. The molecule has 0 fully saturated rings. The second-order valence-electron chi connectivity index (χ2n) is 6.56. The van der Waals surface area contributed by atoms with Gasteiger partial charge < -0.3 is 9.64 Å². The highest BCUT2D eigenvalue weighted by atomic mass is 32.2. The first-order valence-corrected chi connectivity index (χ1v) is 10.9.